The van der Waals surface area contributed by atoms with Crippen LogP contribution in [-0.2, 0) is 29.3 Å². The van der Waals surface area contributed by atoms with Crippen molar-refractivity contribution in [1.82, 2.24) is 5.32 Å². The lowest BCUT2D eigenvalue weighted by molar-refractivity contribution is -0.126. The van der Waals surface area contributed by atoms with Crippen LogP contribution in [0.5, 0.6) is 0 Å². The Bertz CT molecular complexity index is 718. The van der Waals surface area contributed by atoms with Gasteiger partial charge in [-0.15, -0.1) is 0 Å². The highest BCUT2D eigenvalue weighted by Gasteiger charge is 2.26. The highest BCUT2D eigenvalue weighted by Crippen LogP contribution is 2.15. The monoisotopic (exact) mass is 322 g/mol. The largest absolute Gasteiger partial charge is 0.372 e. The number of nitrogens with zero attached hydrogens (tertiary/aromatic N) is 1. The van der Waals surface area contributed by atoms with Gasteiger partial charge in [0.25, 0.3) is 0 Å². The topological polar surface area (TPSA) is 62.1 Å². The molecule has 0 atom stereocenters. The summed E-state index contributed by atoms with van der Waals surface area (Å²) >= 11 is 0. The number of hydrogen-bond acceptors (Lipinski definition) is 3. The quantitative estimate of drug-likeness (QED) is 0.847. The fourth-order valence-electron chi connectivity index (χ4n) is 2.17. The van der Waals surface area contributed by atoms with E-state index >= 15 is 0 Å². The van der Waals surface area contributed by atoms with Gasteiger partial charge in [0, 0.05) is 6.54 Å². The van der Waals surface area contributed by atoms with Gasteiger partial charge in [0.05, 0.1) is 19.3 Å². The zero-order valence-electron chi connectivity index (χ0n) is 14.1. The van der Waals surface area contributed by atoms with Gasteiger partial charge in [-0.3, -0.25) is 4.79 Å². The molecule has 0 bridgehead atoms. The summed E-state index contributed by atoms with van der Waals surface area (Å²) in [5.74, 6) is -0.273. The Balaban J connectivity index is 1.93. The fraction of sp³-hybridized carbons (Fsp3) is 0.300. The third kappa shape index (κ3) is 4.94. The number of nitrogens with one attached hydrogen (secondary N) is 1. The molecule has 0 heterocycles. The molecule has 2 rings (SSSR count). The lowest BCUT2D eigenvalue weighted by atomic mass is 9.94. The third-order valence-corrected chi connectivity index (χ3v) is 3.77. The molecule has 0 aliphatic carbocycles. The van der Waals surface area contributed by atoms with Crippen molar-refractivity contribution >= 4 is 5.91 Å². The van der Waals surface area contributed by atoms with Gasteiger partial charge in [-0.1, -0.05) is 54.6 Å². The molecule has 0 fully saturated rings. The van der Waals surface area contributed by atoms with Crippen molar-refractivity contribution in [3.05, 3.63) is 71.3 Å². The van der Waals surface area contributed by atoms with E-state index in [1.807, 2.05) is 60.7 Å². The van der Waals surface area contributed by atoms with Crippen LogP contribution in [0, 0.1) is 16.7 Å². The average molecular weight is 322 g/mol. The van der Waals surface area contributed by atoms with Crippen molar-refractivity contribution in [2.45, 2.75) is 33.6 Å². The number of ether oxygens (including phenoxy) is 1. The summed E-state index contributed by atoms with van der Waals surface area (Å²) in [6.07, 6.45) is 0. The maximum Gasteiger partial charge on any atom is 0.240 e. The van der Waals surface area contributed by atoms with Crippen LogP contribution in [0.25, 0.3) is 0 Å². The van der Waals surface area contributed by atoms with Gasteiger partial charge < -0.3 is 10.1 Å². The maximum absolute atomic E-state index is 12.0. The second-order valence-corrected chi connectivity index (χ2v) is 6.17. The molecule has 4 heteroatoms. The number of carbonyl (C=O) groups excluding carboxylic acids is 1. The Morgan fingerprint density at radius 1 is 1.04 bits per heavy atom. The zero-order chi connectivity index (χ0) is 17.4. The summed E-state index contributed by atoms with van der Waals surface area (Å²) in [5, 5.41) is 11.8. The van der Waals surface area contributed by atoms with Crippen LogP contribution in [-0.4, -0.2) is 5.91 Å². The number of nitriles is 1. The Morgan fingerprint density at radius 3 is 2.33 bits per heavy atom. The van der Waals surface area contributed by atoms with Gasteiger partial charge in [-0.2, -0.15) is 5.26 Å². The van der Waals surface area contributed by atoms with Crippen molar-refractivity contribution in [2.24, 2.45) is 5.41 Å². The van der Waals surface area contributed by atoms with E-state index in [0.717, 1.165) is 16.7 Å². The van der Waals surface area contributed by atoms with E-state index in [0.29, 0.717) is 19.8 Å². The first-order chi connectivity index (χ1) is 11.5. The van der Waals surface area contributed by atoms with Gasteiger partial charge in [0.15, 0.2) is 0 Å². The van der Waals surface area contributed by atoms with Crippen LogP contribution >= 0.6 is 0 Å². The first-order valence-electron chi connectivity index (χ1n) is 7.91. The van der Waals surface area contributed by atoms with Crippen LogP contribution < -0.4 is 5.32 Å². The predicted molar refractivity (Wildman–Crippen MR) is 92.6 cm³/mol. The van der Waals surface area contributed by atoms with Crippen LogP contribution in [0.2, 0.25) is 0 Å². The molecule has 1 amide bonds. The Hall–Kier alpha value is -2.64. The molecule has 0 saturated carbocycles. The second kappa shape index (κ2) is 8.28. The Labute approximate surface area is 143 Å². The third-order valence-electron chi connectivity index (χ3n) is 3.77. The first-order valence-corrected chi connectivity index (χ1v) is 7.91. The molecule has 0 unspecified atom stereocenters. The summed E-state index contributed by atoms with van der Waals surface area (Å²) in [4.78, 5) is 12.0. The number of carbonyl (C=O) groups is 1. The number of amides is 1. The molecule has 0 aromatic heterocycles. The molecule has 1 N–H and O–H groups in total. The summed E-state index contributed by atoms with van der Waals surface area (Å²) in [6.45, 7) is 4.62. The zero-order valence-corrected chi connectivity index (χ0v) is 14.1. The Kier molecular flexibility index (Phi) is 6.11. The molecule has 0 aliphatic heterocycles. The van der Waals surface area contributed by atoms with Crippen LogP contribution in [0.3, 0.4) is 0 Å². The molecule has 2 aromatic carbocycles. The second-order valence-electron chi connectivity index (χ2n) is 6.17. The van der Waals surface area contributed by atoms with Gasteiger partial charge in [0.2, 0.25) is 5.91 Å². The molecule has 4 nitrogen and oxygen atoms in total. The number of rotatable bonds is 7. The molecule has 24 heavy (non-hydrogen) atoms. The summed E-state index contributed by atoms with van der Waals surface area (Å²) < 4.78 is 5.78. The molecule has 0 aliphatic rings. The fourth-order valence-corrected chi connectivity index (χ4v) is 2.17. The first kappa shape index (κ1) is 17.7. The lowest BCUT2D eigenvalue weighted by Gasteiger charge is -2.16. The van der Waals surface area contributed by atoms with Crippen molar-refractivity contribution in [1.29, 1.82) is 5.26 Å². The molecular formula is C20H22N2O2. The minimum absolute atomic E-state index is 0.273. The average Bonchev–Trinajstić information content (AvgIpc) is 2.61. The van der Waals surface area contributed by atoms with E-state index in [1.165, 1.54) is 0 Å². The summed E-state index contributed by atoms with van der Waals surface area (Å²) in [6, 6.07) is 19.8. The minimum atomic E-state index is -1.03. The molecule has 2 aromatic rings. The van der Waals surface area contributed by atoms with E-state index in [2.05, 4.69) is 5.32 Å². The van der Waals surface area contributed by atoms with Gasteiger partial charge in [-0.25, -0.2) is 0 Å². The van der Waals surface area contributed by atoms with E-state index in [-0.39, 0.29) is 5.91 Å². The van der Waals surface area contributed by atoms with Crippen molar-refractivity contribution in [3.8, 4) is 6.07 Å². The normalized spacial score (nSPS) is 10.9. The van der Waals surface area contributed by atoms with Crippen LogP contribution in [0.15, 0.2) is 54.6 Å². The molecular weight excluding hydrogens is 300 g/mol. The minimum Gasteiger partial charge on any atom is -0.372 e. The molecule has 0 spiro atoms. The summed E-state index contributed by atoms with van der Waals surface area (Å²) in [7, 11) is 0. The van der Waals surface area contributed by atoms with Gasteiger partial charge in [-0.05, 0) is 30.5 Å². The maximum atomic E-state index is 12.0. The smallest absolute Gasteiger partial charge is 0.240 e. The van der Waals surface area contributed by atoms with E-state index < -0.39 is 5.41 Å². The molecule has 0 radical (unpaired) electrons. The van der Waals surface area contributed by atoms with E-state index in [4.69, 9.17) is 10.00 Å². The van der Waals surface area contributed by atoms with Crippen molar-refractivity contribution in [2.75, 3.05) is 0 Å². The SMILES string of the molecule is CC(C)(C#N)C(=O)NCc1ccccc1COCc1ccccc1. The Morgan fingerprint density at radius 2 is 1.67 bits per heavy atom. The van der Waals surface area contributed by atoms with Crippen molar-refractivity contribution < 1.29 is 9.53 Å². The standard InChI is InChI=1S/C20H22N2O2/c1-20(2,15-21)19(23)22-12-17-10-6-7-11-18(17)14-24-13-16-8-4-3-5-9-16/h3-11H,12-14H2,1-2H3,(H,22,23). The number of hydrogen-bond donors (Lipinski definition) is 1. The number of benzene rings is 2. The van der Waals surface area contributed by atoms with Gasteiger partial charge in [0.1, 0.15) is 5.41 Å². The van der Waals surface area contributed by atoms with Crippen LogP contribution in [0.4, 0.5) is 0 Å². The van der Waals surface area contributed by atoms with Gasteiger partial charge >= 0.3 is 0 Å². The summed E-state index contributed by atoms with van der Waals surface area (Å²) in [5.41, 5.74) is 2.12. The van der Waals surface area contributed by atoms with Crippen molar-refractivity contribution in [3.63, 3.8) is 0 Å². The predicted octanol–water partition coefficient (Wildman–Crippen LogP) is 3.57. The molecule has 0 saturated heterocycles. The highest BCUT2D eigenvalue weighted by atomic mass is 16.5. The highest BCUT2D eigenvalue weighted by molar-refractivity contribution is 5.84. The van der Waals surface area contributed by atoms with E-state index in [1.54, 1.807) is 13.8 Å². The van der Waals surface area contributed by atoms with Crippen LogP contribution in [0.1, 0.15) is 30.5 Å². The lowest BCUT2D eigenvalue weighted by Crippen LogP contribution is -2.35. The molecule has 124 valence electrons. The van der Waals surface area contributed by atoms with E-state index in [9.17, 15) is 4.79 Å².